The fraction of sp³-hybridized carbons (Fsp3) is 0.0769. The molecule has 1 aromatic heterocycles. The Bertz CT molecular complexity index is 581. The Hall–Kier alpha value is -2.01. The van der Waals surface area contributed by atoms with Gasteiger partial charge in [0.1, 0.15) is 5.69 Å². The zero-order chi connectivity index (χ0) is 12.8. The molecule has 0 radical (unpaired) electrons. The number of aromatic nitrogens is 1. The molecule has 0 spiro atoms. The van der Waals surface area contributed by atoms with E-state index in [2.05, 4.69) is 10.3 Å². The summed E-state index contributed by atoms with van der Waals surface area (Å²) in [7, 11) is 0. The molecule has 0 bridgehead atoms. The first-order valence-electron chi connectivity index (χ1n) is 5.41. The van der Waals surface area contributed by atoms with Crippen LogP contribution in [0.15, 0.2) is 58.4 Å². The first kappa shape index (κ1) is 12.4. The lowest BCUT2D eigenvalue weighted by molar-refractivity contribution is -0.113. The number of carbonyl (C=O) groups is 1. The van der Waals surface area contributed by atoms with Crippen LogP contribution in [0.25, 0.3) is 0 Å². The van der Waals surface area contributed by atoms with Crippen molar-refractivity contribution in [1.82, 2.24) is 4.98 Å². The van der Waals surface area contributed by atoms with E-state index in [1.807, 2.05) is 30.3 Å². The summed E-state index contributed by atoms with van der Waals surface area (Å²) in [5.74, 6) is 0.0822. The van der Waals surface area contributed by atoms with Crippen molar-refractivity contribution in [1.29, 1.82) is 0 Å². The van der Waals surface area contributed by atoms with Crippen LogP contribution in [-0.2, 0) is 4.79 Å². The largest absolute Gasteiger partial charge is 0.327 e. The number of pyridine rings is 1. The van der Waals surface area contributed by atoms with Gasteiger partial charge in [0.05, 0.1) is 5.75 Å². The fourth-order valence-electron chi connectivity index (χ4n) is 1.37. The Morgan fingerprint density at radius 3 is 2.67 bits per heavy atom. The maximum atomic E-state index is 11.7. The van der Waals surface area contributed by atoms with Crippen LogP contribution in [0, 0.1) is 0 Å². The Kier molecular flexibility index (Phi) is 4.20. The molecule has 0 saturated heterocycles. The summed E-state index contributed by atoms with van der Waals surface area (Å²) < 4.78 is 0. The van der Waals surface area contributed by atoms with Gasteiger partial charge in [-0.25, -0.2) is 0 Å². The van der Waals surface area contributed by atoms with E-state index in [0.717, 1.165) is 4.90 Å². The summed E-state index contributed by atoms with van der Waals surface area (Å²) >= 11 is 1.43. The van der Waals surface area contributed by atoms with E-state index in [1.54, 1.807) is 12.1 Å². The van der Waals surface area contributed by atoms with Gasteiger partial charge in [0.2, 0.25) is 5.91 Å². The number of hydrogen-bond acceptors (Lipinski definition) is 3. The molecule has 0 aliphatic heterocycles. The summed E-state index contributed by atoms with van der Waals surface area (Å²) in [5, 5.41) is 2.58. The summed E-state index contributed by atoms with van der Waals surface area (Å²) in [6, 6.07) is 12.9. The molecule has 2 aromatic rings. The summed E-state index contributed by atoms with van der Waals surface area (Å²) in [6.07, 6.45) is 1.52. The van der Waals surface area contributed by atoms with Crippen molar-refractivity contribution in [3.05, 3.63) is 59.0 Å². The lowest BCUT2D eigenvalue weighted by Crippen LogP contribution is -2.20. The maximum Gasteiger partial charge on any atom is 0.271 e. The van der Waals surface area contributed by atoms with Crippen LogP contribution in [0.4, 0.5) is 5.69 Å². The molecule has 4 nitrogen and oxygen atoms in total. The molecule has 0 aliphatic rings. The van der Waals surface area contributed by atoms with Gasteiger partial charge in [-0.3, -0.25) is 9.59 Å². The molecule has 92 valence electrons. The molecule has 0 saturated carbocycles. The summed E-state index contributed by atoms with van der Waals surface area (Å²) in [5.41, 5.74) is -0.0216. The highest BCUT2D eigenvalue weighted by Gasteiger charge is 2.05. The Labute approximate surface area is 108 Å². The van der Waals surface area contributed by atoms with E-state index in [0.29, 0.717) is 0 Å². The summed E-state index contributed by atoms with van der Waals surface area (Å²) in [4.78, 5) is 26.5. The van der Waals surface area contributed by atoms with Crippen molar-refractivity contribution in [2.75, 3.05) is 11.1 Å². The van der Waals surface area contributed by atoms with Gasteiger partial charge in [0, 0.05) is 11.1 Å². The molecule has 2 N–H and O–H groups in total. The minimum absolute atomic E-state index is 0.194. The van der Waals surface area contributed by atoms with E-state index < -0.39 is 0 Å². The average Bonchev–Trinajstić information content (AvgIpc) is 2.40. The third kappa shape index (κ3) is 3.49. The first-order chi connectivity index (χ1) is 8.75. The second kappa shape index (κ2) is 6.07. The normalized spacial score (nSPS) is 10.0. The number of aromatic amines is 1. The van der Waals surface area contributed by atoms with Crippen molar-refractivity contribution >= 4 is 23.4 Å². The number of amides is 1. The van der Waals surface area contributed by atoms with Gasteiger partial charge in [-0.05, 0) is 24.3 Å². The topological polar surface area (TPSA) is 62.0 Å². The minimum atomic E-state index is -0.296. The van der Waals surface area contributed by atoms with Crippen LogP contribution in [0.3, 0.4) is 0 Å². The monoisotopic (exact) mass is 260 g/mol. The van der Waals surface area contributed by atoms with Crippen molar-refractivity contribution in [3.8, 4) is 0 Å². The van der Waals surface area contributed by atoms with E-state index in [4.69, 9.17) is 0 Å². The number of benzene rings is 1. The van der Waals surface area contributed by atoms with Gasteiger partial charge in [-0.15, -0.1) is 11.8 Å². The van der Waals surface area contributed by atoms with Crippen molar-refractivity contribution in [3.63, 3.8) is 0 Å². The van der Waals surface area contributed by atoms with E-state index in [9.17, 15) is 9.59 Å². The number of nitrogens with one attached hydrogen (secondary N) is 2. The Morgan fingerprint density at radius 1 is 1.17 bits per heavy atom. The van der Waals surface area contributed by atoms with Gasteiger partial charge in [0.15, 0.2) is 0 Å². The smallest absolute Gasteiger partial charge is 0.271 e. The minimum Gasteiger partial charge on any atom is -0.327 e. The molecule has 0 fully saturated rings. The molecular weight excluding hydrogens is 248 g/mol. The number of thioether (sulfide) groups is 1. The van der Waals surface area contributed by atoms with E-state index >= 15 is 0 Å². The third-order valence-corrected chi connectivity index (χ3v) is 3.22. The molecule has 0 unspecified atom stereocenters. The number of anilines is 1. The van der Waals surface area contributed by atoms with Crippen LogP contribution < -0.4 is 10.9 Å². The van der Waals surface area contributed by atoms with Crippen LogP contribution >= 0.6 is 11.8 Å². The molecule has 5 heteroatoms. The number of carbonyl (C=O) groups excluding carboxylic acids is 1. The van der Waals surface area contributed by atoms with Crippen molar-refractivity contribution in [2.24, 2.45) is 0 Å². The van der Waals surface area contributed by atoms with Gasteiger partial charge in [-0.2, -0.15) is 0 Å². The molecule has 1 aromatic carbocycles. The van der Waals surface area contributed by atoms with Crippen LogP contribution in [0.5, 0.6) is 0 Å². The van der Waals surface area contributed by atoms with Gasteiger partial charge >= 0.3 is 0 Å². The lowest BCUT2D eigenvalue weighted by atomic mass is 10.4. The van der Waals surface area contributed by atoms with E-state index in [1.165, 1.54) is 18.0 Å². The SMILES string of the molecule is O=C(CSc1ccccc1)Nc1ccc[nH]c1=O. The second-order valence-corrected chi connectivity index (χ2v) is 4.61. The molecule has 0 atom stereocenters. The number of rotatable bonds is 4. The predicted molar refractivity (Wildman–Crippen MR) is 72.9 cm³/mol. The van der Waals surface area contributed by atoms with Gasteiger partial charge < -0.3 is 10.3 Å². The highest BCUT2D eigenvalue weighted by atomic mass is 32.2. The molecule has 1 heterocycles. The third-order valence-electron chi connectivity index (χ3n) is 2.21. The van der Waals surface area contributed by atoms with Crippen molar-refractivity contribution < 1.29 is 4.79 Å². The van der Waals surface area contributed by atoms with Crippen molar-refractivity contribution in [2.45, 2.75) is 4.90 Å². The fourth-order valence-corrected chi connectivity index (χ4v) is 2.09. The average molecular weight is 260 g/mol. The van der Waals surface area contributed by atoms with E-state index in [-0.39, 0.29) is 22.9 Å². The second-order valence-electron chi connectivity index (χ2n) is 3.56. The molecular formula is C13H12N2O2S. The first-order valence-corrected chi connectivity index (χ1v) is 6.39. The zero-order valence-electron chi connectivity index (χ0n) is 9.55. The molecule has 2 rings (SSSR count). The summed E-state index contributed by atoms with van der Waals surface area (Å²) in [6.45, 7) is 0. The standard InChI is InChI=1S/C13H12N2O2S/c16-12(9-18-10-5-2-1-3-6-10)15-11-7-4-8-14-13(11)17/h1-8H,9H2,(H,14,17)(H,15,16). The maximum absolute atomic E-state index is 11.7. The molecule has 0 aliphatic carbocycles. The number of hydrogen-bond donors (Lipinski definition) is 2. The lowest BCUT2D eigenvalue weighted by Gasteiger charge is -2.03. The predicted octanol–water partition coefficient (Wildman–Crippen LogP) is 2.11. The highest BCUT2D eigenvalue weighted by Crippen LogP contribution is 2.16. The number of H-pyrrole nitrogens is 1. The van der Waals surface area contributed by atoms with Crippen LogP contribution in [0.1, 0.15) is 0 Å². The zero-order valence-corrected chi connectivity index (χ0v) is 10.4. The van der Waals surface area contributed by atoms with Gasteiger partial charge in [-0.1, -0.05) is 18.2 Å². The van der Waals surface area contributed by atoms with Crippen LogP contribution in [0.2, 0.25) is 0 Å². The Morgan fingerprint density at radius 2 is 1.94 bits per heavy atom. The Balaban J connectivity index is 1.90. The highest BCUT2D eigenvalue weighted by molar-refractivity contribution is 8.00. The molecule has 1 amide bonds. The van der Waals surface area contributed by atoms with Gasteiger partial charge in [0.25, 0.3) is 5.56 Å². The molecule has 18 heavy (non-hydrogen) atoms. The van der Waals surface area contributed by atoms with Crippen LogP contribution in [-0.4, -0.2) is 16.6 Å². The quantitative estimate of drug-likeness (QED) is 0.828.